The van der Waals surface area contributed by atoms with Crippen LogP contribution in [0.1, 0.15) is 19.4 Å². The first-order chi connectivity index (χ1) is 13.9. The quantitative estimate of drug-likeness (QED) is 0.686. The van der Waals surface area contributed by atoms with Crippen LogP contribution in [-0.2, 0) is 25.8 Å². The van der Waals surface area contributed by atoms with E-state index in [9.17, 15) is 31.2 Å². The number of nitrogens with one attached hydrogen (secondary N) is 2. The Bertz CT molecular complexity index is 1020. The van der Waals surface area contributed by atoms with Crippen LogP contribution in [0.4, 0.5) is 24.5 Å². The summed E-state index contributed by atoms with van der Waals surface area (Å²) in [4.78, 5) is 22.7. The minimum absolute atomic E-state index is 0.118. The minimum atomic E-state index is -4.69. The van der Waals surface area contributed by atoms with Gasteiger partial charge in [-0.05, 0) is 42.5 Å². The van der Waals surface area contributed by atoms with Gasteiger partial charge in [-0.3, -0.25) is 9.59 Å². The van der Waals surface area contributed by atoms with E-state index in [2.05, 4.69) is 10.6 Å². The molecule has 0 bridgehead atoms. The van der Waals surface area contributed by atoms with Crippen LogP contribution < -0.4 is 10.6 Å². The molecule has 0 fully saturated rings. The molecular formula is C19H20F3N3O4S. The number of halogens is 3. The standard InChI is InChI=1S/C19H20F3N3O4S/c1-3-25(30(28,29)17-6-4-5-14(11-17)19(20,21)22)12-18(27)24-16-9-7-15(8-10-16)23-13(2)26/h4-11H,3,12H2,1-2H3,(H,23,26)(H,24,27). The van der Waals surface area contributed by atoms with Crippen LogP contribution in [-0.4, -0.2) is 37.6 Å². The van der Waals surface area contributed by atoms with Crippen LogP contribution in [0, 0.1) is 0 Å². The van der Waals surface area contributed by atoms with E-state index in [0.29, 0.717) is 17.4 Å². The van der Waals surface area contributed by atoms with E-state index >= 15 is 0 Å². The molecule has 30 heavy (non-hydrogen) atoms. The molecule has 0 radical (unpaired) electrons. The lowest BCUT2D eigenvalue weighted by molar-refractivity contribution is -0.137. The monoisotopic (exact) mass is 443 g/mol. The number of carbonyl (C=O) groups is 2. The van der Waals surface area contributed by atoms with Crippen LogP contribution >= 0.6 is 0 Å². The number of anilines is 2. The summed E-state index contributed by atoms with van der Waals surface area (Å²) in [6, 6.07) is 9.49. The summed E-state index contributed by atoms with van der Waals surface area (Å²) in [6.07, 6.45) is -4.69. The van der Waals surface area contributed by atoms with Gasteiger partial charge < -0.3 is 10.6 Å². The Kier molecular flexibility index (Phi) is 7.21. The van der Waals surface area contributed by atoms with Gasteiger partial charge in [0.25, 0.3) is 0 Å². The topological polar surface area (TPSA) is 95.6 Å². The van der Waals surface area contributed by atoms with Crippen molar-refractivity contribution in [2.45, 2.75) is 24.9 Å². The van der Waals surface area contributed by atoms with Crippen molar-refractivity contribution in [1.82, 2.24) is 4.31 Å². The van der Waals surface area contributed by atoms with Crippen molar-refractivity contribution in [3.8, 4) is 0 Å². The van der Waals surface area contributed by atoms with E-state index in [1.165, 1.54) is 26.0 Å². The summed E-state index contributed by atoms with van der Waals surface area (Å²) in [5, 5.41) is 5.07. The molecule has 7 nitrogen and oxygen atoms in total. The predicted octanol–water partition coefficient (Wildman–Crippen LogP) is 3.31. The van der Waals surface area contributed by atoms with E-state index in [4.69, 9.17) is 0 Å². The maximum Gasteiger partial charge on any atom is 0.416 e. The fourth-order valence-electron chi connectivity index (χ4n) is 2.55. The molecule has 0 saturated heterocycles. The van der Waals surface area contributed by atoms with Gasteiger partial charge in [0.05, 0.1) is 17.0 Å². The second-order valence-corrected chi connectivity index (χ2v) is 8.20. The summed E-state index contributed by atoms with van der Waals surface area (Å²) in [7, 11) is -4.32. The number of rotatable bonds is 7. The zero-order chi connectivity index (χ0) is 22.5. The summed E-state index contributed by atoms with van der Waals surface area (Å²) >= 11 is 0. The molecule has 0 aliphatic rings. The summed E-state index contributed by atoms with van der Waals surface area (Å²) in [5.74, 6) is -0.926. The highest BCUT2D eigenvalue weighted by Gasteiger charge is 2.33. The molecule has 0 aromatic heterocycles. The highest BCUT2D eigenvalue weighted by atomic mass is 32.2. The first-order valence-corrected chi connectivity index (χ1v) is 10.2. The number of hydrogen-bond acceptors (Lipinski definition) is 4. The van der Waals surface area contributed by atoms with Gasteiger partial charge in [-0.15, -0.1) is 0 Å². The van der Waals surface area contributed by atoms with Crippen molar-refractivity contribution in [3.05, 3.63) is 54.1 Å². The smallest absolute Gasteiger partial charge is 0.326 e. The maximum absolute atomic E-state index is 12.9. The second-order valence-electron chi connectivity index (χ2n) is 6.26. The Balaban J connectivity index is 2.13. The molecule has 2 amide bonds. The largest absolute Gasteiger partial charge is 0.416 e. The molecule has 2 rings (SSSR count). The fraction of sp³-hybridized carbons (Fsp3) is 0.263. The SMILES string of the molecule is CCN(CC(=O)Nc1ccc(NC(C)=O)cc1)S(=O)(=O)c1cccc(C(F)(F)F)c1. The zero-order valence-electron chi connectivity index (χ0n) is 16.2. The average molecular weight is 443 g/mol. The van der Waals surface area contributed by atoms with Crippen LogP contribution in [0.2, 0.25) is 0 Å². The number of carbonyl (C=O) groups excluding carboxylic acids is 2. The zero-order valence-corrected chi connectivity index (χ0v) is 17.0. The number of sulfonamides is 1. The molecule has 0 aliphatic carbocycles. The molecule has 0 aliphatic heterocycles. The maximum atomic E-state index is 12.9. The first kappa shape index (κ1) is 23.4. The van der Waals surface area contributed by atoms with Crippen molar-refractivity contribution in [2.75, 3.05) is 23.7 Å². The Morgan fingerprint density at radius 1 is 1.00 bits per heavy atom. The highest BCUT2D eigenvalue weighted by molar-refractivity contribution is 7.89. The van der Waals surface area contributed by atoms with Gasteiger partial charge in [-0.25, -0.2) is 8.42 Å². The van der Waals surface area contributed by atoms with Crippen molar-refractivity contribution in [2.24, 2.45) is 0 Å². The molecule has 0 spiro atoms. The van der Waals surface area contributed by atoms with E-state index in [-0.39, 0.29) is 12.5 Å². The van der Waals surface area contributed by atoms with Gasteiger partial charge in [0.1, 0.15) is 0 Å². The third kappa shape index (κ3) is 6.04. The van der Waals surface area contributed by atoms with Gasteiger partial charge in [0.2, 0.25) is 21.8 Å². The molecule has 0 unspecified atom stereocenters. The van der Waals surface area contributed by atoms with Crippen LogP contribution in [0.15, 0.2) is 53.4 Å². The highest BCUT2D eigenvalue weighted by Crippen LogP contribution is 2.31. The summed E-state index contributed by atoms with van der Waals surface area (Å²) < 4.78 is 64.9. The van der Waals surface area contributed by atoms with Crippen molar-refractivity contribution >= 4 is 33.2 Å². The van der Waals surface area contributed by atoms with Crippen LogP contribution in [0.25, 0.3) is 0 Å². The number of hydrogen-bond donors (Lipinski definition) is 2. The van der Waals surface area contributed by atoms with Crippen LogP contribution in [0.5, 0.6) is 0 Å². The minimum Gasteiger partial charge on any atom is -0.326 e. The van der Waals surface area contributed by atoms with Crippen molar-refractivity contribution in [1.29, 1.82) is 0 Å². The molecule has 0 heterocycles. The molecular weight excluding hydrogens is 423 g/mol. The lowest BCUT2D eigenvalue weighted by atomic mass is 10.2. The molecule has 0 saturated carbocycles. The molecule has 2 aromatic carbocycles. The Morgan fingerprint density at radius 3 is 2.07 bits per heavy atom. The van der Waals surface area contributed by atoms with Gasteiger partial charge in [0.15, 0.2) is 0 Å². The molecule has 162 valence electrons. The van der Waals surface area contributed by atoms with E-state index in [0.717, 1.165) is 22.5 Å². The van der Waals surface area contributed by atoms with E-state index in [1.807, 2.05) is 0 Å². The van der Waals surface area contributed by atoms with Crippen LogP contribution in [0.3, 0.4) is 0 Å². The molecule has 11 heteroatoms. The van der Waals surface area contributed by atoms with Gasteiger partial charge in [0, 0.05) is 24.8 Å². The van der Waals surface area contributed by atoms with Gasteiger partial charge in [-0.2, -0.15) is 17.5 Å². The fourth-order valence-corrected chi connectivity index (χ4v) is 4.00. The van der Waals surface area contributed by atoms with Crippen molar-refractivity contribution in [3.63, 3.8) is 0 Å². The Labute approximate surface area is 171 Å². The summed E-state index contributed by atoms with van der Waals surface area (Å²) in [6.45, 7) is 2.12. The first-order valence-electron chi connectivity index (χ1n) is 8.78. The van der Waals surface area contributed by atoms with E-state index in [1.54, 1.807) is 12.1 Å². The Morgan fingerprint density at radius 2 is 1.57 bits per heavy atom. The van der Waals surface area contributed by atoms with E-state index < -0.39 is 39.1 Å². The average Bonchev–Trinajstić information content (AvgIpc) is 2.66. The third-order valence-electron chi connectivity index (χ3n) is 3.96. The number of likely N-dealkylation sites (N-methyl/N-ethyl adjacent to an activating group) is 1. The second kappa shape index (κ2) is 9.26. The predicted molar refractivity (Wildman–Crippen MR) is 105 cm³/mol. The molecule has 2 aromatic rings. The Hall–Kier alpha value is -2.92. The normalized spacial score (nSPS) is 11.9. The number of benzene rings is 2. The van der Waals surface area contributed by atoms with Gasteiger partial charge in [-0.1, -0.05) is 13.0 Å². The number of alkyl halides is 3. The molecule has 0 atom stereocenters. The van der Waals surface area contributed by atoms with Gasteiger partial charge >= 0.3 is 6.18 Å². The number of amides is 2. The number of nitrogens with zero attached hydrogens (tertiary/aromatic N) is 1. The third-order valence-corrected chi connectivity index (χ3v) is 5.88. The van der Waals surface area contributed by atoms with Crippen molar-refractivity contribution < 1.29 is 31.2 Å². The lowest BCUT2D eigenvalue weighted by Gasteiger charge is -2.20. The summed E-state index contributed by atoms with van der Waals surface area (Å²) in [5.41, 5.74) is -0.215. The lowest BCUT2D eigenvalue weighted by Crippen LogP contribution is -2.37. The molecule has 2 N–H and O–H groups in total.